The zero-order valence-electron chi connectivity index (χ0n) is 34.3. The Morgan fingerprint density at radius 1 is 0.630 bits per heavy atom. The highest BCUT2D eigenvalue weighted by molar-refractivity contribution is 5.80. The van der Waals surface area contributed by atoms with Gasteiger partial charge in [0, 0.05) is 0 Å². The van der Waals surface area contributed by atoms with Gasteiger partial charge in [0.05, 0.1) is 25.4 Å². The van der Waals surface area contributed by atoms with Gasteiger partial charge in [-0.2, -0.15) is 0 Å². The first-order chi connectivity index (χ1) is 26.3. The van der Waals surface area contributed by atoms with Gasteiger partial charge in [0.25, 0.3) is 0 Å². The van der Waals surface area contributed by atoms with Crippen LogP contribution in [0.25, 0.3) is 0 Å². The van der Waals surface area contributed by atoms with Gasteiger partial charge in [-0.05, 0) is 32.1 Å². The summed E-state index contributed by atoms with van der Waals surface area (Å²) in [6.45, 7) is 3.57. The normalized spacial score (nSPS) is 22.3. The molecule has 1 aliphatic rings. The van der Waals surface area contributed by atoms with Gasteiger partial charge in [-0.3, -0.25) is 4.79 Å². The molecule has 0 aromatic carbocycles. The Morgan fingerprint density at radius 3 is 1.61 bits per heavy atom. The number of aliphatic hydroxyl groups excluding tert-OH is 6. The van der Waals surface area contributed by atoms with E-state index in [4.69, 9.17) is 9.47 Å². The lowest BCUT2D eigenvalue weighted by molar-refractivity contribution is -0.302. The van der Waals surface area contributed by atoms with E-state index in [0.717, 1.165) is 32.1 Å². The van der Waals surface area contributed by atoms with Crippen molar-refractivity contribution in [1.29, 1.82) is 0 Å². The first kappa shape index (κ1) is 50.6. The van der Waals surface area contributed by atoms with E-state index < -0.39 is 61.5 Å². The fourth-order valence-electron chi connectivity index (χ4n) is 6.94. The number of amides is 1. The molecule has 0 aromatic heterocycles. The van der Waals surface area contributed by atoms with E-state index in [1.165, 1.54) is 122 Å². The summed E-state index contributed by atoms with van der Waals surface area (Å²) in [7, 11) is 0. The molecule has 1 fully saturated rings. The minimum absolute atomic E-state index is 0.307. The first-order valence-corrected chi connectivity index (χ1v) is 22.2. The smallest absolute Gasteiger partial charge is 0.249 e. The van der Waals surface area contributed by atoms with Crippen LogP contribution in [0.5, 0.6) is 0 Å². The third kappa shape index (κ3) is 25.0. The van der Waals surface area contributed by atoms with Crippen molar-refractivity contribution in [3.63, 3.8) is 0 Å². The molecule has 0 radical (unpaired) electrons. The molecule has 1 aliphatic heterocycles. The summed E-state index contributed by atoms with van der Waals surface area (Å²) in [6.07, 6.45) is 29.8. The van der Waals surface area contributed by atoms with Crippen LogP contribution < -0.4 is 5.32 Å². The predicted molar refractivity (Wildman–Crippen MR) is 218 cm³/mol. The Morgan fingerprint density at radius 2 is 1.09 bits per heavy atom. The molecule has 8 unspecified atom stereocenters. The van der Waals surface area contributed by atoms with Crippen molar-refractivity contribution < 1.29 is 44.9 Å². The average Bonchev–Trinajstić information content (AvgIpc) is 3.17. The van der Waals surface area contributed by atoms with Crippen molar-refractivity contribution >= 4 is 5.91 Å². The number of allylic oxidation sites excluding steroid dienone is 3. The molecule has 1 heterocycles. The summed E-state index contributed by atoms with van der Waals surface area (Å²) in [5, 5.41) is 64.5. The van der Waals surface area contributed by atoms with E-state index in [-0.39, 0.29) is 6.61 Å². The van der Waals surface area contributed by atoms with Crippen LogP contribution in [0.1, 0.15) is 187 Å². The SMILES string of the molecule is CCCCCCCCCC=CCCC=CC(O)C(COC1OC(CO)C(O)C(O)C1O)NC(=O)C(O)CCCCCCCCCCCCCCCCCC. The van der Waals surface area contributed by atoms with E-state index in [2.05, 4.69) is 31.3 Å². The van der Waals surface area contributed by atoms with Crippen LogP contribution in [0.2, 0.25) is 0 Å². The zero-order valence-corrected chi connectivity index (χ0v) is 34.3. The van der Waals surface area contributed by atoms with Gasteiger partial charge in [0.1, 0.15) is 30.5 Å². The minimum Gasteiger partial charge on any atom is -0.394 e. The molecule has 0 spiro atoms. The Hall–Kier alpha value is -1.37. The largest absolute Gasteiger partial charge is 0.394 e. The van der Waals surface area contributed by atoms with Crippen molar-refractivity contribution in [1.82, 2.24) is 5.32 Å². The van der Waals surface area contributed by atoms with Crippen molar-refractivity contribution in [2.45, 2.75) is 236 Å². The fraction of sp³-hybridized carbons (Fsp3) is 0.886. The highest BCUT2D eigenvalue weighted by Crippen LogP contribution is 2.22. The lowest BCUT2D eigenvalue weighted by Crippen LogP contribution is -2.60. The van der Waals surface area contributed by atoms with Gasteiger partial charge in [0.2, 0.25) is 5.91 Å². The maximum atomic E-state index is 13.0. The molecule has 10 heteroatoms. The van der Waals surface area contributed by atoms with Gasteiger partial charge in [-0.25, -0.2) is 0 Å². The van der Waals surface area contributed by atoms with Crippen LogP contribution in [0.3, 0.4) is 0 Å². The maximum Gasteiger partial charge on any atom is 0.249 e. The van der Waals surface area contributed by atoms with E-state index in [0.29, 0.717) is 19.3 Å². The molecule has 1 rings (SSSR count). The topological polar surface area (TPSA) is 169 Å². The second-order valence-electron chi connectivity index (χ2n) is 15.6. The number of aliphatic hydroxyl groups is 6. The summed E-state index contributed by atoms with van der Waals surface area (Å²) in [5.41, 5.74) is 0. The number of rotatable bonds is 36. The first-order valence-electron chi connectivity index (χ1n) is 22.2. The van der Waals surface area contributed by atoms with Crippen molar-refractivity contribution in [3.05, 3.63) is 24.3 Å². The summed E-state index contributed by atoms with van der Waals surface area (Å²) in [4.78, 5) is 13.0. The molecule has 54 heavy (non-hydrogen) atoms. The van der Waals surface area contributed by atoms with Crippen LogP contribution >= 0.6 is 0 Å². The van der Waals surface area contributed by atoms with Crippen molar-refractivity contribution in [3.8, 4) is 0 Å². The number of unbranched alkanes of at least 4 members (excludes halogenated alkanes) is 23. The highest BCUT2D eigenvalue weighted by atomic mass is 16.7. The van der Waals surface area contributed by atoms with E-state index in [9.17, 15) is 35.4 Å². The van der Waals surface area contributed by atoms with Crippen LogP contribution in [-0.4, -0.2) is 98.7 Å². The minimum atomic E-state index is -1.61. The molecule has 10 nitrogen and oxygen atoms in total. The Bertz CT molecular complexity index is 916. The number of ether oxygens (including phenoxy) is 2. The molecule has 0 bridgehead atoms. The van der Waals surface area contributed by atoms with E-state index in [1.807, 2.05) is 6.08 Å². The third-order valence-electron chi connectivity index (χ3n) is 10.6. The Balaban J connectivity index is 2.45. The van der Waals surface area contributed by atoms with E-state index >= 15 is 0 Å². The standard InChI is InChI=1S/C44H83NO9/c1-3-5-7-9-11-13-15-17-18-19-21-23-25-27-29-31-33-38(48)43(52)45-36(35-53-44-42(51)41(50)40(49)39(34-46)54-44)37(47)32-30-28-26-24-22-20-16-14-12-10-8-6-4-2/h22,24,30,32,36-42,44,46-51H,3-21,23,25-29,31,33-35H2,1-2H3,(H,45,52). The molecular formula is C44H83NO9. The summed E-state index contributed by atoms with van der Waals surface area (Å²) in [5.74, 6) is -0.626. The summed E-state index contributed by atoms with van der Waals surface area (Å²) in [6, 6.07) is -0.991. The molecule has 0 saturated carbocycles. The van der Waals surface area contributed by atoms with E-state index in [1.54, 1.807) is 6.08 Å². The van der Waals surface area contributed by atoms with Gasteiger partial charge in [0.15, 0.2) is 6.29 Å². The number of carbonyl (C=O) groups is 1. The van der Waals surface area contributed by atoms with Crippen molar-refractivity contribution in [2.24, 2.45) is 0 Å². The monoisotopic (exact) mass is 770 g/mol. The lowest BCUT2D eigenvalue weighted by Gasteiger charge is -2.40. The maximum absolute atomic E-state index is 13.0. The molecule has 1 saturated heterocycles. The number of hydrogen-bond donors (Lipinski definition) is 7. The van der Waals surface area contributed by atoms with Crippen LogP contribution in [-0.2, 0) is 14.3 Å². The second kappa shape index (κ2) is 34.8. The molecule has 318 valence electrons. The van der Waals surface area contributed by atoms with Crippen molar-refractivity contribution in [2.75, 3.05) is 13.2 Å². The van der Waals surface area contributed by atoms with Gasteiger partial charge >= 0.3 is 0 Å². The Kier molecular flexibility index (Phi) is 32.7. The molecule has 0 aliphatic carbocycles. The summed E-state index contributed by atoms with van der Waals surface area (Å²) < 4.78 is 11.1. The molecular weight excluding hydrogens is 686 g/mol. The number of carbonyl (C=O) groups excluding carboxylic acids is 1. The second-order valence-corrected chi connectivity index (χ2v) is 15.6. The van der Waals surface area contributed by atoms with Crippen LogP contribution in [0.15, 0.2) is 24.3 Å². The molecule has 0 aromatic rings. The lowest BCUT2D eigenvalue weighted by atomic mass is 9.99. The highest BCUT2D eigenvalue weighted by Gasteiger charge is 2.44. The zero-order chi connectivity index (χ0) is 39.7. The van der Waals surface area contributed by atoms with Gasteiger partial charge < -0.3 is 45.4 Å². The Labute approximate surface area is 329 Å². The average molecular weight is 770 g/mol. The van der Waals surface area contributed by atoms with Gasteiger partial charge in [-0.15, -0.1) is 0 Å². The quantitative estimate of drug-likeness (QED) is 0.0250. The summed E-state index contributed by atoms with van der Waals surface area (Å²) >= 11 is 0. The number of hydrogen-bond acceptors (Lipinski definition) is 9. The molecule has 8 atom stereocenters. The van der Waals surface area contributed by atoms with Crippen LogP contribution in [0, 0.1) is 0 Å². The predicted octanol–water partition coefficient (Wildman–Crippen LogP) is 7.69. The molecule has 7 N–H and O–H groups in total. The fourth-order valence-corrected chi connectivity index (χ4v) is 6.94. The molecule has 1 amide bonds. The third-order valence-corrected chi connectivity index (χ3v) is 10.6. The van der Waals surface area contributed by atoms with Crippen LogP contribution in [0.4, 0.5) is 0 Å². The number of nitrogens with one attached hydrogen (secondary N) is 1. The van der Waals surface area contributed by atoms with Gasteiger partial charge in [-0.1, -0.05) is 179 Å².